The van der Waals surface area contributed by atoms with Gasteiger partial charge in [0, 0.05) is 31.4 Å². The Labute approximate surface area is 192 Å². The second kappa shape index (κ2) is 7.33. The van der Waals surface area contributed by atoms with Crippen LogP contribution < -0.4 is 0 Å². The molecule has 1 aliphatic rings. The van der Waals surface area contributed by atoms with Crippen LogP contribution in [0.5, 0.6) is 0 Å². The number of nitrogens with zero attached hydrogens (tertiary/aromatic N) is 9. The van der Waals surface area contributed by atoms with Crippen molar-refractivity contribution in [1.82, 2.24) is 44.3 Å². The summed E-state index contributed by atoms with van der Waals surface area (Å²) in [5.41, 5.74) is 4.70. The zero-order valence-electron chi connectivity index (χ0n) is 18.7. The fourth-order valence-electron chi connectivity index (χ4n) is 4.41. The Balaban J connectivity index is 1.42. The monoisotopic (exact) mass is 461 g/mol. The van der Waals surface area contributed by atoms with Gasteiger partial charge in [0.25, 0.3) is 5.89 Å². The maximum Gasteiger partial charge on any atom is 0.312 e. The highest BCUT2D eigenvalue weighted by Gasteiger charge is 2.39. The number of rotatable bonds is 3. The molecule has 0 fully saturated rings. The highest BCUT2D eigenvalue weighted by atomic mass is 19.2. The number of halogens is 1. The highest BCUT2D eigenvalue weighted by molar-refractivity contribution is 5.90. The van der Waals surface area contributed by atoms with Crippen molar-refractivity contribution in [3.63, 3.8) is 0 Å². The van der Waals surface area contributed by atoms with Crippen LogP contribution in [0.3, 0.4) is 0 Å². The lowest BCUT2D eigenvalue weighted by molar-refractivity contribution is 0.0643. The Morgan fingerprint density at radius 1 is 1.24 bits per heavy atom. The molecule has 172 valence electrons. The Hall–Kier alpha value is -4.35. The maximum atomic E-state index is 14.3. The van der Waals surface area contributed by atoms with Crippen LogP contribution in [-0.2, 0) is 13.5 Å². The number of imidazole rings is 1. The first kappa shape index (κ1) is 20.3. The minimum atomic E-state index is -0.706. The summed E-state index contributed by atoms with van der Waals surface area (Å²) in [5, 5.41) is 16.9. The summed E-state index contributed by atoms with van der Waals surface area (Å²) < 4.78 is 23.6. The third-order valence-corrected chi connectivity index (χ3v) is 6.32. The minimum absolute atomic E-state index is 0.161. The standard InChI is InChI=1S/C22H20FN9O2/c1-12-5-4-6-14-9-16(28-32(12)14)19-18-17(31(23)11-24-18)7-8-30(19)22(33)21-27-26-20(34-21)15-10-25-29(3)13(15)2/h4-6,9-11,19H,7-8H2,1-3H3/t19-/m0/s1. The summed E-state index contributed by atoms with van der Waals surface area (Å²) in [5.74, 6) is -0.427. The molecule has 6 heterocycles. The van der Waals surface area contributed by atoms with E-state index in [9.17, 15) is 9.28 Å². The molecule has 1 aliphatic heterocycles. The molecule has 6 rings (SSSR count). The van der Waals surface area contributed by atoms with Crippen molar-refractivity contribution in [2.24, 2.45) is 7.05 Å². The quantitative estimate of drug-likeness (QED) is 0.406. The van der Waals surface area contributed by atoms with Gasteiger partial charge in [-0.1, -0.05) is 10.5 Å². The van der Waals surface area contributed by atoms with Gasteiger partial charge in [0.1, 0.15) is 12.4 Å². The van der Waals surface area contributed by atoms with Crippen LogP contribution in [0, 0.1) is 13.8 Å². The molecule has 0 bridgehead atoms. The van der Waals surface area contributed by atoms with Gasteiger partial charge in [0.15, 0.2) is 0 Å². The lowest BCUT2D eigenvalue weighted by Gasteiger charge is -2.32. The van der Waals surface area contributed by atoms with Gasteiger partial charge in [0.05, 0.1) is 34.4 Å². The van der Waals surface area contributed by atoms with Crippen LogP contribution in [0.1, 0.15) is 45.2 Å². The highest BCUT2D eigenvalue weighted by Crippen LogP contribution is 2.35. The minimum Gasteiger partial charge on any atom is -0.412 e. The molecule has 12 heteroatoms. The number of aromatic nitrogens is 8. The second-order valence-corrected chi connectivity index (χ2v) is 8.29. The summed E-state index contributed by atoms with van der Waals surface area (Å²) >= 11 is 0. The van der Waals surface area contributed by atoms with Crippen LogP contribution in [0.25, 0.3) is 17.0 Å². The average molecular weight is 461 g/mol. The normalized spacial score (nSPS) is 15.8. The van der Waals surface area contributed by atoms with Crippen LogP contribution in [0.2, 0.25) is 0 Å². The molecule has 0 N–H and O–H groups in total. The Bertz CT molecular complexity index is 1560. The van der Waals surface area contributed by atoms with Crippen molar-refractivity contribution in [2.75, 3.05) is 6.54 Å². The van der Waals surface area contributed by atoms with Gasteiger partial charge in [-0.05, 0) is 32.0 Å². The molecule has 0 aliphatic carbocycles. The summed E-state index contributed by atoms with van der Waals surface area (Å²) in [4.78, 5) is 19.9. The number of carbonyl (C=O) groups excluding carboxylic acids is 1. The zero-order chi connectivity index (χ0) is 23.6. The molecule has 5 aromatic heterocycles. The van der Waals surface area contributed by atoms with Gasteiger partial charge in [-0.25, -0.2) is 9.50 Å². The van der Waals surface area contributed by atoms with Gasteiger partial charge < -0.3 is 9.32 Å². The zero-order valence-corrected chi connectivity index (χ0v) is 18.7. The van der Waals surface area contributed by atoms with Crippen LogP contribution in [-0.4, -0.2) is 56.7 Å². The molecule has 1 amide bonds. The Morgan fingerprint density at radius 2 is 2.09 bits per heavy atom. The van der Waals surface area contributed by atoms with Crippen LogP contribution in [0.4, 0.5) is 4.48 Å². The summed E-state index contributed by atoms with van der Waals surface area (Å²) in [6, 6.07) is 6.97. The first-order chi connectivity index (χ1) is 16.4. The van der Waals surface area contributed by atoms with Crippen molar-refractivity contribution in [3.05, 3.63) is 71.1 Å². The molecule has 0 spiro atoms. The predicted octanol–water partition coefficient (Wildman–Crippen LogP) is 2.45. The van der Waals surface area contributed by atoms with Crippen molar-refractivity contribution in [1.29, 1.82) is 0 Å². The second-order valence-electron chi connectivity index (χ2n) is 8.29. The largest absolute Gasteiger partial charge is 0.412 e. The maximum absolute atomic E-state index is 14.3. The Kier molecular flexibility index (Phi) is 4.37. The first-order valence-corrected chi connectivity index (χ1v) is 10.7. The number of hydrogen-bond donors (Lipinski definition) is 0. The predicted molar refractivity (Wildman–Crippen MR) is 116 cm³/mol. The SMILES string of the molecule is Cc1c(-c2nnc(C(=O)N3CCc4c(ncn4F)[C@@H]3c3cc4cccc(C)n4n3)o2)cnn1C. The van der Waals surface area contributed by atoms with Gasteiger partial charge in [-0.2, -0.15) is 15.0 Å². The fourth-order valence-corrected chi connectivity index (χ4v) is 4.41. The Morgan fingerprint density at radius 3 is 2.85 bits per heavy atom. The van der Waals surface area contributed by atoms with Crippen molar-refractivity contribution >= 4 is 11.4 Å². The van der Waals surface area contributed by atoms with Crippen molar-refractivity contribution < 1.29 is 13.7 Å². The molecule has 0 unspecified atom stereocenters. The van der Waals surface area contributed by atoms with Crippen molar-refractivity contribution in [3.8, 4) is 11.5 Å². The van der Waals surface area contributed by atoms with E-state index < -0.39 is 11.9 Å². The van der Waals surface area contributed by atoms with E-state index in [-0.39, 0.29) is 18.3 Å². The summed E-state index contributed by atoms with van der Waals surface area (Å²) in [7, 11) is 1.80. The first-order valence-electron chi connectivity index (χ1n) is 10.7. The summed E-state index contributed by atoms with van der Waals surface area (Å²) in [6.45, 7) is 4.05. The number of amides is 1. The molecular weight excluding hydrogens is 441 g/mol. The van der Waals surface area contributed by atoms with E-state index in [4.69, 9.17) is 9.52 Å². The number of hydrogen-bond acceptors (Lipinski definition) is 7. The molecule has 1 atom stereocenters. The third kappa shape index (κ3) is 2.95. The van der Waals surface area contributed by atoms with Crippen LogP contribution in [0.15, 0.2) is 41.2 Å². The number of fused-ring (bicyclic) bond motifs is 2. The molecule has 5 aromatic rings. The van der Waals surface area contributed by atoms with E-state index in [1.54, 1.807) is 27.3 Å². The molecule has 34 heavy (non-hydrogen) atoms. The molecular formula is C22H20FN9O2. The number of aryl methyl sites for hydroxylation is 2. The van der Waals surface area contributed by atoms with Crippen molar-refractivity contribution in [2.45, 2.75) is 26.3 Å². The smallest absolute Gasteiger partial charge is 0.312 e. The molecule has 11 nitrogen and oxygen atoms in total. The van der Waals surface area contributed by atoms with Gasteiger partial charge in [-0.3, -0.25) is 9.48 Å². The number of pyridine rings is 1. The average Bonchev–Trinajstić information content (AvgIpc) is 3.61. The van der Waals surface area contributed by atoms with E-state index in [2.05, 4.69) is 20.3 Å². The number of carbonyl (C=O) groups is 1. The van der Waals surface area contributed by atoms with Gasteiger partial charge >= 0.3 is 11.8 Å². The van der Waals surface area contributed by atoms with E-state index >= 15 is 0 Å². The topological polar surface area (TPSA) is 112 Å². The van der Waals surface area contributed by atoms with Gasteiger partial charge in [-0.15, -0.1) is 10.2 Å². The van der Waals surface area contributed by atoms with Crippen LogP contribution >= 0.6 is 0 Å². The van der Waals surface area contributed by atoms with E-state index in [1.165, 1.54) is 0 Å². The lowest BCUT2D eigenvalue weighted by Crippen LogP contribution is -2.41. The van der Waals surface area contributed by atoms with Gasteiger partial charge in [0.2, 0.25) is 0 Å². The molecule has 0 aromatic carbocycles. The van der Waals surface area contributed by atoms with E-state index in [1.807, 2.05) is 38.1 Å². The molecule has 0 saturated heterocycles. The van der Waals surface area contributed by atoms with E-state index in [0.29, 0.717) is 33.9 Å². The van der Waals surface area contributed by atoms with E-state index in [0.717, 1.165) is 23.2 Å². The third-order valence-electron chi connectivity index (χ3n) is 6.32. The molecule has 0 saturated carbocycles. The lowest BCUT2D eigenvalue weighted by atomic mass is 9.99. The molecule has 0 radical (unpaired) electrons. The fraction of sp³-hybridized carbons (Fsp3) is 0.273. The summed E-state index contributed by atoms with van der Waals surface area (Å²) in [6.07, 6.45) is 3.02.